The number of nitrogens with zero attached hydrogens (tertiary/aromatic N) is 2. The Morgan fingerprint density at radius 3 is 2.53 bits per heavy atom. The molecular weight excluding hydrogens is 272 g/mol. The molecule has 0 bridgehead atoms. The molecule has 0 aromatic heterocycles. The molecule has 1 rings (SSSR count). The zero-order valence-corrected chi connectivity index (χ0v) is 11.7. The van der Waals surface area contributed by atoms with E-state index in [-0.39, 0.29) is 11.4 Å². The Bertz CT molecular complexity index is 583. The lowest BCUT2D eigenvalue weighted by molar-refractivity contribution is -0.387. The van der Waals surface area contributed by atoms with Crippen LogP contribution in [-0.4, -0.2) is 42.4 Å². The number of aryl methyl sites for hydroxylation is 1. The lowest BCUT2D eigenvalue weighted by Crippen LogP contribution is -2.33. The summed E-state index contributed by atoms with van der Waals surface area (Å²) < 4.78 is 25.6. The van der Waals surface area contributed by atoms with E-state index in [0.717, 1.165) is 10.4 Å². The van der Waals surface area contributed by atoms with E-state index in [9.17, 15) is 23.6 Å². The Labute approximate surface area is 111 Å². The fraction of sp³-hybridized carbons (Fsp3) is 0.455. The fourth-order valence-electron chi connectivity index (χ4n) is 1.74. The number of hydrogen-bond donors (Lipinski definition) is 1. The van der Waals surface area contributed by atoms with Gasteiger partial charge < -0.3 is 5.11 Å². The molecule has 0 saturated carbocycles. The highest BCUT2D eigenvalue weighted by molar-refractivity contribution is 7.89. The SMILES string of the molecule is Cc1cccc([N+](=O)[O-])c1S(=O)(=O)N(C)C[C@H](C)O. The normalized spacial score (nSPS) is 13.5. The third-order valence-corrected chi connectivity index (χ3v) is 4.59. The van der Waals surface area contributed by atoms with Crippen molar-refractivity contribution in [3.63, 3.8) is 0 Å². The molecule has 0 radical (unpaired) electrons. The van der Waals surface area contributed by atoms with Crippen LogP contribution in [0.4, 0.5) is 5.69 Å². The molecule has 0 spiro atoms. The number of hydrogen-bond acceptors (Lipinski definition) is 5. The molecule has 8 heteroatoms. The molecule has 1 atom stereocenters. The number of likely N-dealkylation sites (N-methyl/N-ethyl adjacent to an activating group) is 1. The highest BCUT2D eigenvalue weighted by Gasteiger charge is 2.31. The van der Waals surface area contributed by atoms with Crippen molar-refractivity contribution in [2.45, 2.75) is 24.8 Å². The summed E-state index contributed by atoms with van der Waals surface area (Å²) in [5, 5.41) is 20.2. The lowest BCUT2D eigenvalue weighted by atomic mass is 10.2. The molecule has 0 aliphatic heterocycles. The van der Waals surface area contributed by atoms with E-state index in [0.29, 0.717) is 5.56 Å². The number of benzene rings is 1. The van der Waals surface area contributed by atoms with Gasteiger partial charge >= 0.3 is 0 Å². The first-order valence-electron chi connectivity index (χ1n) is 5.56. The van der Waals surface area contributed by atoms with Crippen LogP contribution in [0, 0.1) is 17.0 Å². The molecule has 0 heterocycles. The molecule has 0 aliphatic rings. The summed E-state index contributed by atoms with van der Waals surface area (Å²) in [5.74, 6) is 0. The molecular formula is C11H16N2O5S. The van der Waals surface area contributed by atoms with Gasteiger partial charge in [-0.25, -0.2) is 8.42 Å². The van der Waals surface area contributed by atoms with Crippen molar-refractivity contribution in [2.24, 2.45) is 0 Å². The number of nitro benzene ring substituents is 1. The van der Waals surface area contributed by atoms with Crippen LogP contribution in [-0.2, 0) is 10.0 Å². The highest BCUT2D eigenvalue weighted by atomic mass is 32.2. The summed E-state index contributed by atoms with van der Waals surface area (Å²) in [4.78, 5) is 9.88. The first-order chi connectivity index (χ1) is 8.67. The van der Waals surface area contributed by atoms with Gasteiger partial charge in [0.2, 0.25) is 10.0 Å². The van der Waals surface area contributed by atoms with Gasteiger partial charge in [0.1, 0.15) is 0 Å². The number of nitro groups is 1. The van der Waals surface area contributed by atoms with Crippen LogP contribution < -0.4 is 0 Å². The standard InChI is InChI=1S/C11H16N2O5S/c1-8-5-4-6-10(13(15)16)11(8)19(17,18)12(3)7-9(2)14/h4-6,9,14H,7H2,1-3H3/t9-/m0/s1. The average molecular weight is 288 g/mol. The van der Waals surface area contributed by atoms with Gasteiger partial charge in [-0.2, -0.15) is 4.31 Å². The van der Waals surface area contributed by atoms with E-state index in [1.165, 1.54) is 33.0 Å². The van der Waals surface area contributed by atoms with Gasteiger partial charge in [-0.05, 0) is 19.4 Å². The van der Waals surface area contributed by atoms with Crippen LogP contribution in [0.5, 0.6) is 0 Å². The molecule has 1 aromatic carbocycles. The van der Waals surface area contributed by atoms with Gasteiger partial charge in [0, 0.05) is 19.7 Å². The summed E-state index contributed by atoms with van der Waals surface area (Å²) >= 11 is 0. The molecule has 1 aromatic rings. The summed E-state index contributed by atoms with van der Waals surface area (Å²) in [6, 6.07) is 4.08. The molecule has 1 N–H and O–H groups in total. The second-order valence-corrected chi connectivity index (χ2v) is 6.30. The van der Waals surface area contributed by atoms with Crippen LogP contribution in [0.15, 0.2) is 23.1 Å². The third kappa shape index (κ3) is 3.28. The van der Waals surface area contributed by atoms with E-state index in [2.05, 4.69) is 0 Å². The van der Waals surface area contributed by atoms with Crippen LogP contribution in [0.25, 0.3) is 0 Å². The van der Waals surface area contributed by atoms with E-state index >= 15 is 0 Å². The number of rotatable bonds is 5. The Morgan fingerprint density at radius 1 is 1.47 bits per heavy atom. The van der Waals surface area contributed by atoms with Crippen LogP contribution >= 0.6 is 0 Å². The summed E-state index contributed by atoms with van der Waals surface area (Å²) in [6.45, 7) is 2.81. The third-order valence-electron chi connectivity index (χ3n) is 2.58. The predicted molar refractivity (Wildman–Crippen MR) is 69.3 cm³/mol. The monoisotopic (exact) mass is 288 g/mol. The van der Waals surface area contributed by atoms with E-state index in [1.54, 1.807) is 0 Å². The van der Waals surface area contributed by atoms with Crippen molar-refractivity contribution in [1.82, 2.24) is 4.31 Å². The maximum Gasteiger partial charge on any atom is 0.289 e. The van der Waals surface area contributed by atoms with Gasteiger partial charge in [-0.3, -0.25) is 10.1 Å². The molecule has 0 saturated heterocycles. The molecule has 0 unspecified atom stereocenters. The molecule has 7 nitrogen and oxygen atoms in total. The van der Waals surface area contributed by atoms with Crippen molar-refractivity contribution >= 4 is 15.7 Å². The predicted octanol–water partition coefficient (Wildman–Crippen LogP) is 0.905. The zero-order chi connectivity index (χ0) is 14.8. The van der Waals surface area contributed by atoms with Crippen molar-refractivity contribution in [2.75, 3.05) is 13.6 Å². The second-order valence-electron chi connectivity index (χ2n) is 4.31. The van der Waals surface area contributed by atoms with E-state index < -0.39 is 26.7 Å². The van der Waals surface area contributed by atoms with E-state index in [4.69, 9.17) is 0 Å². The highest BCUT2D eigenvalue weighted by Crippen LogP contribution is 2.29. The van der Waals surface area contributed by atoms with Crippen LogP contribution in [0.2, 0.25) is 0 Å². The van der Waals surface area contributed by atoms with Crippen molar-refractivity contribution < 1.29 is 18.4 Å². The number of sulfonamides is 1. The topological polar surface area (TPSA) is 101 Å². The average Bonchev–Trinajstić information content (AvgIpc) is 2.27. The Morgan fingerprint density at radius 2 is 2.05 bits per heavy atom. The Kier molecular flexibility index (Phi) is 4.61. The Hall–Kier alpha value is -1.51. The van der Waals surface area contributed by atoms with Gasteiger partial charge in [-0.1, -0.05) is 12.1 Å². The maximum atomic E-state index is 12.3. The number of aliphatic hydroxyl groups is 1. The largest absolute Gasteiger partial charge is 0.392 e. The van der Waals surface area contributed by atoms with Gasteiger partial charge in [0.15, 0.2) is 4.90 Å². The number of aliphatic hydroxyl groups excluding tert-OH is 1. The minimum Gasteiger partial charge on any atom is -0.392 e. The molecule has 0 fully saturated rings. The van der Waals surface area contributed by atoms with Crippen LogP contribution in [0.1, 0.15) is 12.5 Å². The van der Waals surface area contributed by atoms with Gasteiger partial charge in [0.05, 0.1) is 11.0 Å². The first kappa shape index (κ1) is 15.5. The van der Waals surface area contributed by atoms with Crippen molar-refractivity contribution in [3.8, 4) is 0 Å². The first-order valence-corrected chi connectivity index (χ1v) is 7.00. The van der Waals surface area contributed by atoms with Crippen LogP contribution in [0.3, 0.4) is 0 Å². The Balaban J connectivity index is 3.40. The molecule has 106 valence electrons. The summed E-state index contributed by atoms with van der Waals surface area (Å²) in [7, 11) is -2.73. The molecule has 0 aliphatic carbocycles. The lowest BCUT2D eigenvalue weighted by Gasteiger charge is -2.19. The zero-order valence-electron chi connectivity index (χ0n) is 10.9. The van der Waals surface area contributed by atoms with Gasteiger partial charge in [-0.15, -0.1) is 0 Å². The maximum absolute atomic E-state index is 12.3. The summed E-state index contributed by atoms with van der Waals surface area (Å²) in [5.41, 5.74) is -0.163. The van der Waals surface area contributed by atoms with E-state index in [1.807, 2.05) is 0 Å². The van der Waals surface area contributed by atoms with Crippen molar-refractivity contribution in [3.05, 3.63) is 33.9 Å². The minimum absolute atomic E-state index is 0.131. The molecule has 19 heavy (non-hydrogen) atoms. The summed E-state index contributed by atoms with van der Waals surface area (Å²) in [6.07, 6.45) is -0.858. The van der Waals surface area contributed by atoms with Crippen molar-refractivity contribution in [1.29, 1.82) is 0 Å². The fourth-order valence-corrected chi connectivity index (χ4v) is 3.35. The van der Waals surface area contributed by atoms with Gasteiger partial charge in [0.25, 0.3) is 5.69 Å². The smallest absolute Gasteiger partial charge is 0.289 e. The molecule has 0 amide bonds. The second kappa shape index (κ2) is 5.64. The quantitative estimate of drug-likeness (QED) is 0.641. The minimum atomic E-state index is -4.01.